The quantitative estimate of drug-likeness (QED) is 0.946. The number of halogens is 1. The second-order valence-electron chi connectivity index (χ2n) is 4.08. The van der Waals surface area contributed by atoms with Crippen molar-refractivity contribution in [3.05, 3.63) is 22.8 Å². The van der Waals surface area contributed by atoms with Gasteiger partial charge in [0.1, 0.15) is 0 Å². The van der Waals surface area contributed by atoms with Crippen molar-refractivity contribution in [3.8, 4) is 0 Å². The van der Waals surface area contributed by atoms with Crippen LogP contribution in [0.25, 0.3) is 5.65 Å². The molecule has 1 aliphatic rings. The molecule has 90 valence electrons. The minimum Gasteiger partial charge on any atom is -0.352 e. The van der Waals surface area contributed by atoms with Crippen LogP contribution < -0.4 is 5.32 Å². The monoisotopic (exact) mass is 312 g/mol. The Morgan fingerprint density at radius 3 is 3.29 bits per heavy atom. The van der Waals surface area contributed by atoms with Crippen molar-refractivity contribution in [2.24, 2.45) is 0 Å². The van der Waals surface area contributed by atoms with Gasteiger partial charge in [0.25, 0.3) is 0 Å². The summed E-state index contributed by atoms with van der Waals surface area (Å²) >= 11 is 5.51. The molecule has 6 heteroatoms. The van der Waals surface area contributed by atoms with E-state index in [4.69, 9.17) is 0 Å². The number of anilines is 1. The van der Waals surface area contributed by atoms with Gasteiger partial charge in [-0.15, -0.1) is 5.10 Å². The predicted molar refractivity (Wildman–Crippen MR) is 74.7 cm³/mol. The molecule has 0 spiro atoms. The predicted octanol–water partition coefficient (Wildman–Crippen LogP) is 2.80. The second-order valence-corrected chi connectivity index (χ2v) is 6.34. The fraction of sp³-hybridized carbons (Fsp3) is 0.455. The molecule has 1 unspecified atom stereocenters. The number of nitrogens with zero attached hydrogens (tertiary/aromatic N) is 3. The Bertz CT molecular complexity index is 521. The molecule has 4 nitrogen and oxygen atoms in total. The topological polar surface area (TPSA) is 42.2 Å². The lowest BCUT2D eigenvalue weighted by molar-refractivity contribution is 0.799. The molecule has 1 N–H and O–H groups in total. The number of aromatic nitrogens is 3. The Hall–Kier alpha value is -0.750. The third-order valence-electron chi connectivity index (χ3n) is 2.83. The van der Waals surface area contributed by atoms with E-state index in [-0.39, 0.29) is 0 Å². The van der Waals surface area contributed by atoms with Crippen LogP contribution in [0.5, 0.6) is 0 Å². The van der Waals surface area contributed by atoms with E-state index in [0.717, 1.165) is 16.7 Å². The van der Waals surface area contributed by atoms with Crippen LogP contribution in [0.2, 0.25) is 0 Å². The van der Waals surface area contributed by atoms with Gasteiger partial charge in [0, 0.05) is 18.0 Å². The van der Waals surface area contributed by atoms with Crippen molar-refractivity contribution in [2.45, 2.75) is 18.1 Å². The zero-order valence-corrected chi connectivity index (χ0v) is 11.7. The van der Waals surface area contributed by atoms with E-state index in [9.17, 15) is 0 Å². The van der Waals surface area contributed by atoms with Crippen LogP contribution in [0.3, 0.4) is 0 Å². The van der Waals surface area contributed by atoms with Crippen LogP contribution in [0, 0.1) is 0 Å². The summed E-state index contributed by atoms with van der Waals surface area (Å²) in [4.78, 5) is 4.46. The van der Waals surface area contributed by atoms with Gasteiger partial charge in [-0.05, 0) is 46.7 Å². The van der Waals surface area contributed by atoms with Crippen molar-refractivity contribution in [3.63, 3.8) is 0 Å². The highest BCUT2D eigenvalue weighted by atomic mass is 79.9. The van der Waals surface area contributed by atoms with E-state index in [1.54, 1.807) is 4.52 Å². The molecule has 17 heavy (non-hydrogen) atoms. The summed E-state index contributed by atoms with van der Waals surface area (Å²) < 4.78 is 2.75. The summed E-state index contributed by atoms with van der Waals surface area (Å²) in [6.07, 6.45) is 4.54. The standard InChI is InChI=1S/C11H13BrN4S/c12-9-4-1-5-16-10(9)14-11(15-16)13-7-8-3-2-6-17-8/h1,4-5,8H,2-3,6-7H2,(H,13,15). The lowest BCUT2D eigenvalue weighted by atomic mass is 10.2. The van der Waals surface area contributed by atoms with E-state index in [0.29, 0.717) is 11.2 Å². The normalized spacial score (nSPS) is 19.9. The number of nitrogens with one attached hydrogen (secondary N) is 1. The molecule has 1 fully saturated rings. The molecule has 0 saturated carbocycles. The van der Waals surface area contributed by atoms with Crippen molar-refractivity contribution in [1.29, 1.82) is 0 Å². The van der Waals surface area contributed by atoms with Gasteiger partial charge in [0.2, 0.25) is 5.95 Å². The first kappa shape index (κ1) is 11.3. The van der Waals surface area contributed by atoms with E-state index < -0.39 is 0 Å². The first-order valence-electron chi connectivity index (χ1n) is 5.69. The molecular formula is C11H13BrN4S. The Balaban J connectivity index is 1.74. The molecular weight excluding hydrogens is 300 g/mol. The molecule has 0 aromatic carbocycles. The van der Waals surface area contributed by atoms with Gasteiger partial charge < -0.3 is 5.32 Å². The minimum atomic E-state index is 0.712. The maximum atomic E-state index is 4.46. The van der Waals surface area contributed by atoms with Gasteiger partial charge in [-0.25, -0.2) is 4.52 Å². The van der Waals surface area contributed by atoms with Crippen LogP contribution >= 0.6 is 27.7 Å². The molecule has 0 amide bonds. The van der Waals surface area contributed by atoms with Crippen molar-refractivity contribution in [2.75, 3.05) is 17.6 Å². The lowest BCUT2D eigenvalue weighted by Crippen LogP contribution is -2.14. The van der Waals surface area contributed by atoms with Crippen LogP contribution in [0.4, 0.5) is 5.95 Å². The lowest BCUT2D eigenvalue weighted by Gasteiger charge is -2.07. The summed E-state index contributed by atoms with van der Waals surface area (Å²) in [7, 11) is 0. The first-order valence-corrected chi connectivity index (χ1v) is 7.53. The number of hydrogen-bond donors (Lipinski definition) is 1. The average molecular weight is 313 g/mol. The van der Waals surface area contributed by atoms with Crippen LogP contribution in [-0.2, 0) is 0 Å². The smallest absolute Gasteiger partial charge is 0.243 e. The molecule has 3 heterocycles. The van der Waals surface area contributed by atoms with Gasteiger partial charge in [-0.3, -0.25) is 0 Å². The number of fused-ring (bicyclic) bond motifs is 1. The number of pyridine rings is 1. The number of hydrogen-bond acceptors (Lipinski definition) is 4. The van der Waals surface area contributed by atoms with Crippen LogP contribution in [0.1, 0.15) is 12.8 Å². The molecule has 2 aromatic rings. The van der Waals surface area contributed by atoms with Gasteiger partial charge in [0.05, 0.1) is 4.47 Å². The zero-order chi connectivity index (χ0) is 11.7. The molecule has 0 aliphatic carbocycles. The Morgan fingerprint density at radius 2 is 2.53 bits per heavy atom. The zero-order valence-electron chi connectivity index (χ0n) is 9.27. The van der Waals surface area contributed by atoms with E-state index in [1.807, 2.05) is 30.1 Å². The molecule has 1 atom stereocenters. The Labute approximate surface area is 112 Å². The Kier molecular flexibility index (Phi) is 3.24. The molecule has 0 bridgehead atoms. The Morgan fingerprint density at radius 1 is 1.59 bits per heavy atom. The van der Waals surface area contributed by atoms with Gasteiger partial charge in [0.15, 0.2) is 5.65 Å². The molecule has 1 saturated heterocycles. The van der Waals surface area contributed by atoms with E-state index in [2.05, 4.69) is 31.3 Å². The maximum Gasteiger partial charge on any atom is 0.243 e. The first-order chi connectivity index (χ1) is 8.33. The SMILES string of the molecule is Brc1cccn2nc(NCC3CCCS3)nc12. The summed E-state index contributed by atoms with van der Waals surface area (Å²) in [5.74, 6) is 2.00. The molecule has 3 rings (SSSR count). The maximum absolute atomic E-state index is 4.46. The van der Waals surface area contributed by atoms with Crippen LogP contribution in [-0.4, -0.2) is 32.1 Å². The minimum absolute atomic E-state index is 0.712. The summed E-state index contributed by atoms with van der Waals surface area (Å²) in [6.45, 7) is 0.958. The summed E-state index contributed by atoms with van der Waals surface area (Å²) in [5, 5.41) is 8.42. The molecule has 2 aromatic heterocycles. The summed E-state index contributed by atoms with van der Waals surface area (Å²) in [6, 6.07) is 3.92. The highest BCUT2D eigenvalue weighted by Crippen LogP contribution is 2.26. The van der Waals surface area contributed by atoms with Crippen molar-refractivity contribution < 1.29 is 0 Å². The van der Waals surface area contributed by atoms with E-state index in [1.165, 1.54) is 18.6 Å². The van der Waals surface area contributed by atoms with E-state index >= 15 is 0 Å². The van der Waals surface area contributed by atoms with Crippen LogP contribution in [0.15, 0.2) is 22.8 Å². The van der Waals surface area contributed by atoms with Gasteiger partial charge in [-0.1, -0.05) is 0 Å². The number of rotatable bonds is 3. The fourth-order valence-electron chi connectivity index (χ4n) is 1.96. The van der Waals surface area contributed by atoms with Gasteiger partial charge >= 0.3 is 0 Å². The average Bonchev–Trinajstić information content (AvgIpc) is 2.95. The second kappa shape index (κ2) is 4.86. The molecule has 0 radical (unpaired) electrons. The highest BCUT2D eigenvalue weighted by Gasteiger charge is 2.16. The largest absolute Gasteiger partial charge is 0.352 e. The molecule has 1 aliphatic heterocycles. The van der Waals surface area contributed by atoms with Crippen molar-refractivity contribution >= 4 is 39.3 Å². The van der Waals surface area contributed by atoms with Crippen molar-refractivity contribution in [1.82, 2.24) is 14.6 Å². The summed E-state index contributed by atoms with van der Waals surface area (Å²) in [5.41, 5.74) is 0.856. The number of thioether (sulfide) groups is 1. The highest BCUT2D eigenvalue weighted by molar-refractivity contribution is 9.10. The third-order valence-corrected chi connectivity index (χ3v) is 4.84. The fourth-order valence-corrected chi connectivity index (χ4v) is 3.58. The van der Waals surface area contributed by atoms with Gasteiger partial charge in [-0.2, -0.15) is 16.7 Å². The third kappa shape index (κ3) is 2.42.